The Morgan fingerprint density at radius 2 is 1.88 bits per heavy atom. The van der Waals surface area contributed by atoms with Crippen LogP contribution in [0.4, 0.5) is 0 Å². The van der Waals surface area contributed by atoms with Crippen molar-refractivity contribution in [2.45, 2.75) is 9.79 Å². The van der Waals surface area contributed by atoms with Gasteiger partial charge in [0.2, 0.25) is 0 Å². The van der Waals surface area contributed by atoms with E-state index in [0.29, 0.717) is 0 Å². The summed E-state index contributed by atoms with van der Waals surface area (Å²) in [6.07, 6.45) is 1.90. The second-order valence-electron chi connectivity index (χ2n) is 3.30. The Balaban J connectivity index is 2.30. The summed E-state index contributed by atoms with van der Waals surface area (Å²) in [4.78, 5) is 2.51. The third-order valence-electron chi connectivity index (χ3n) is 2.16. The van der Waals surface area contributed by atoms with E-state index in [1.807, 2.05) is 12.1 Å². The van der Waals surface area contributed by atoms with Crippen molar-refractivity contribution in [1.29, 1.82) is 0 Å². The molecule has 2 heteroatoms. The van der Waals surface area contributed by atoms with Gasteiger partial charge in [-0.1, -0.05) is 48.7 Å². The summed E-state index contributed by atoms with van der Waals surface area (Å²) < 4.78 is 1.26. The van der Waals surface area contributed by atoms with Gasteiger partial charge in [-0.15, -0.1) is 0 Å². The lowest BCUT2D eigenvalue weighted by molar-refractivity contribution is 1.38. The van der Waals surface area contributed by atoms with Gasteiger partial charge in [0, 0.05) is 13.4 Å². The molecular formula is C14H11IS. The van der Waals surface area contributed by atoms with Crippen LogP contribution in [-0.4, -0.2) is 0 Å². The topological polar surface area (TPSA) is 0 Å². The molecule has 0 heterocycles. The lowest BCUT2D eigenvalue weighted by Gasteiger charge is -2.05. The molecule has 0 aromatic heterocycles. The molecule has 0 aliphatic heterocycles. The zero-order valence-corrected chi connectivity index (χ0v) is 11.7. The third kappa shape index (κ3) is 2.89. The van der Waals surface area contributed by atoms with Crippen LogP contribution in [0.25, 0.3) is 6.08 Å². The number of hydrogen-bond donors (Lipinski definition) is 0. The Morgan fingerprint density at radius 3 is 2.62 bits per heavy atom. The molecule has 2 aromatic carbocycles. The lowest BCUT2D eigenvalue weighted by atomic mass is 10.2. The largest absolute Gasteiger partial charge is 0.0984 e. The average molecular weight is 338 g/mol. The Morgan fingerprint density at radius 1 is 1.06 bits per heavy atom. The zero-order valence-electron chi connectivity index (χ0n) is 8.69. The number of benzene rings is 2. The molecule has 0 aliphatic rings. The SMILES string of the molecule is C=Cc1ccccc1Sc1cccc(I)c1. The summed E-state index contributed by atoms with van der Waals surface area (Å²) in [5.41, 5.74) is 1.19. The minimum atomic E-state index is 1.19. The van der Waals surface area contributed by atoms with E-state index < -0.39 is 0 Å². The van der Waals surface area contributed by atoms with E-state index in [-0.39, 0.29) is 0 Å². The lowest BCUT2D eigenvalue weighted by Crippen LogP contribution is -1.79. The molecule has 80 valence electrons. The summed E-state index contributed by atoms with van der Waals surface area (Å²) in [5, 5.41) is 0. The highest BCUT2D eigenvalue weighted by Crippen LogP contribution is 2.31. The molecule has 0 aliphatic carbocycles. The monoisotopic (exact) mass is 338 g/mol. The smallest absolute Gasteiger partial charge is 0.0194 e. The van der Waals surface area contributed by atoms with Gasteiger partial charge >= 0.3 is 0 Å². The molecule has 2 aromatic rings. The first kappa shape index (κ1) is 11.7. The molecule has 0 bridgehead atoms. The summed E-state index contributed by atoms with van der Waals surface area (Å²) >= 11 is 4.11. The van der Waals surface area contributed by atoms with E-state index in [4.69, 9.17) is 0 Å². The highest BCUT2D eigenvalue weighted by molar-refractivity contribution is 14.1. The minimum absolute atomic E-state index is 1.19. The molecule has 0 nitrogen and oxygen atoms in total. The van der Waals surface area contributed by atoms with E-state index in [2.05, 4.69) is 71.6 Å². The summed E-state index contributed by atoms with van der Waals surface area (Å²) in [7, 11) is 0. The van der Waals surface area contributed by atoms with Crippen LogP contribution >= 0.6 is 34.4 Å². The van der Waals surface area contributed by atoms with Crippen molar-refractivity contribution >= 4 is 40.4 Å². The molecule has 16 heavy (non-hydrogen) atoms. The van der Waals surface area contributed by atoms with Gasteiger partial charge in [0.1, 0.15) is 0 Å². The van der Waals surface area contributed by atoms with Crippen molar-refractivity contribution in [1.82, 2.24) is 0 Å². The van der Waals surface area contributed by atoms with Gasteiger partial charge in [-0.05, 0) is 52.4 Å². The number of rotatable bonds is 3. The van der Waals surface area contributed by atoms with E-state index >= 15 is 0 Å². The number of halogens is 1. The first-order valence-corrected chi connectivity index (χ1v) is 6.84. The third-order valence-corrected chi connectivity index (χ3v) is 3.92. The number of hydrogen-bond acceptors (Lipinski definition) is 1. The van der Waals surface area contributed by atoms with Crippen LogP contribution in [0.15, 0.2) is 64.9 Å². The normalized spacial score (nSPS) is 10.1. The molecule has 0 N–H and O–H groups in total. The second-order valence-corrected chi connectivity index (χ2v) is 5.66. The van der Waals surface area contributed by atoms with Crippen molar-refractivity contribution in [2.24, 2.45) is 0 Å². The Kier molecular flexibility index (Phi) is 4.07. The molecule has 0 spiro atoms. The first-order chi connectivity index (χ1) is 7.79. The summed E-state index contributed by atoms with van der Waals surface area (Å²) in [6.45, 7) is 3.84. The van der Waals surface area contributed by atoms with E-state index in [1.165, 1.54) is 18.9 Å². The van der Waals surface area contributed by atoms with Crippen molar-refractivity contribution in [3.8, 4) is 0 Å². The van der Waals surface area contributed by atoms with Crippen LogP contribution < -0.4 is 0 Å². The Labute approximate surface area is 114 Å². The molecule has 0 atom stereocenters. The highest BCUT2D eigenvalue weighted by Gasteiger charge is 2.01. The zero-order chi connectivity index (χ0) is 11.4. The van der Waals surface area contributed by atoms with Gasteiger partial charge in [0.25, 0.3) is 0 Å². The van der Waals surface area contributed by atoms with Gasteiger partial charge in [-0.25, -0.2) is 0 Å². The first-order valence-electron chi connectivity index (χ1n) is 4.94. The molecule has 0 saturated heterocycles. The fourth-order valence-corrected chi connectivity index (χ4v) is 3.16. The van der Waals surface area contributed by atoms with Crippen LogP contribution in [0, 0.1) is 3.57 Å². The Hall–Kier alpha value is -0.740. The maximum Gasteiger partial charge on any atom is 0.0194 e. The van der Waals surface area contributed by atoms with Gasteiger partial charge in [0.15, 0.2) is 0 Å². The quantitative estimate of drug-likeness (QED) is 0.703. The van der Waals surface area contributed by atoms with Crippen LogP contribution in [0.5, 0.6) is 0 Å². The molecule has 2 rings (SSSR count). The van der Waals surface area contributed by atoms with E-state index in [1.54, 1.807) is 11.8 Å². The summed E-state index contributed by atoms with van der Waals surface area (Å²) in [5.74, 6) is 0. The van der Waals surface area contributed by atoms with Crippen molar-refractivity contribution in [3.05, 3.63) is 64.2 Å². The maximum absolute atomic E-state index is 3.84. The average Bonchev–Trinajstić information content (AvgIpc) is 2.30. The fourth-order valence-electron chi connectivity index (χ4n) is 1.40. The van der Waals surface area contributed by atoms with Crippen LogP contribution in [0.3, 0.4) is 0 Å². The van der Waals surface area contributed by atoms with Crippen LogP contribution in [0.1, 0.15) is 5.56 Å². The van der Waals surface area contributed by atoms with Crippen LogP contribution in [-0.2, 0) is 0 Å². The van der Waals surface area contributed by atoms with Crippen LogP contribution in [0.2, 0.25) is 0 Å². The Bertz CT molecular complexity index is 506. The van der Waals surface area contributed by atoms with Crippen molar-refractivity contribution in [3.63, 3.8) is 0 Å². The molecular weight excluding hydrogens is 327 g/mol. The van der Waals surface area contributed by atoms with Gasteiger partial charge in [-0.3, -0.25) is 0 Å². The fraction of sp³-hybridized carbons (Fsp3) is 0. The second kappa shape index (κ2) is 5.55. The minimum Gasteiger partial charge on any atom is -0.0984 e. The van der Waals surface area contributed by atoms with Crippen molar-refractivity contribution < 1.29 is 0 Å². The molecule has 0 saturated carbocycles. The van der Waals surface area contributed by atoms with E-state index in [9.17, 15) is 0 Å². The van der Waals surface area contributed by atoms with E-state index in [0.717, 1.165) is 0 Å². The highest BCUT2D eigenvalue weighted by atomic mass is 127. The molecule has 0 fully saturated rings. The molecule has 0 unspecified atom stereocenters. The maximum atomic E-state index is 3.84. The predicted octanol–water partition coefficient (Wildman–Crippen LogP) is 5.09. The summed E-state index contributed by atoms with van der Waals surface area (Å²) in [6, 6.07) is 16.8. The van der Waals surface area contributed by atoms with Gasteiger partial charge in [0.05, 0.1) is 0 Å². The van der Waals surface area contributed by atoms with Gasteiger partial charge < -0.3 is 0 Å². The predicted molar refractivity (Wildman–Crippen MR) is 79.8 cm³/mol. The van der Waals surface area contributed by atoms with Gasteiger partial charge in [-0.2, -0.15) is 0 Å². The molecule has 0 amide bonds. The van der Waals surface area contributed by atoms with Crippen molar-refractivity contribution in [2.75, 3.05) is 0 Å². The molecule has 0 radical (unpaired) electrons. The standard InChI is InChI=1S/C14H11IS/c1-2-11-6-3-4-9-14(11)16-13-8-5-7-12(15)10-13/h2-10H,1H2.